The Kier molecular flexibility index (Phi) is 10.1. The number of nitrogens with zero attached hydrogens (tertiary/aromatic N) is 1. The number of ether oxygens (including phenoxy) is 1. The molecule has 0 saturated heterocycles. The number of nitrogens with one attached hydrogen (secondary N) is 2. The van der Waals surface area contributed by atoms with Gasteiger partial charge in [-0.15, -0.1) is 0 Å². The number of hydrogen-bond acceptors (Lipinski definition) is 7. The number of amides is 1. The lowest BCUT2D eigenvalue weighted by molar-refractivity contribution is 0.0915. The van der Waals surface area contributed by atoms with Gasteiger partial charge in [-0.05, 0) is 60.1 Å². The minimum Gasteiger partial charge on any atom is -0.378 e. The third-order valence-electron chi connectivity index (χ3n) is 6.57. The van der Waals surface area contributed by atoms with Gasteiger partial charge in [-0.2, -0.15) is 8.42 Å². The summed E-state index contributed by atoms with van der Waals surface area (Å²) in [6, 6.07) is 15.6. The molecule has 10 nitrogen and oxygen atoms in total. The molecule has 0 bridgehead atoms. The second kappa shape index (κ2) is 13.2. The van der Waals surface area contributed by atoms with E-state index >= 15 is 0 Å². The van der Waals surface area contributed by atoms with Crippen molar-refractivity contribution >= 4 is 49.3 Å². The van der Waals surface area contributed by atoms with Gasteiger partial charge >= 0.3 is 0 Å². The molecule has 1 unspecified atom stereocenters. The molecule has 0 aliphatic carbocycles. The molecule has 4 rings (SSSR count). The maximum Gasteiger partial charge on any atom is 0.295 e. The minimum absolute atomic E-state index is 0.00140. The Morgan fingerprint density at radius 1 is 1.02 bits per heavy atom. The van der Waals surface area contributed by atoms with E-state index in [1.54, 1.807) is 30.3 Å². The van der Waals surface area contributed by atoms with Crippen molar-refractivity contribution in [1.82, 2.24) is 14.9 Å². The zero-order chi connectivity index (χ0) is 29.8. The number of rotatable bonds is 11. The average molecular weight is 643 g/mol. The van der Waals surface area contributed by atoms with E-state index in [2.05, 4.69) is 14.9 Å². The monoisotopic (exact) mass is 641 g/mol. The van der Waals surface area contributed by atoms with E-state index in [0.717, 1.165) is 29.3 Å². The van der Waals surface area contributed by atoms with Crippen LogP contribution >= 0.6 is 23.2 Å². The second-order valence-electron chi connectivity index (χ2n) is 9.51. The van der Waals surface area contributed by atoms with Crippen molar-refractivity contribution < 1.29 is 30.9 Å². The Labute approximate surface area is 249 Å². The molecule has 1 heterocycles. The van der Waals surface area contributed by atoms with Crippen LogP contribution in [0.2, 0.25) is 10.0 Å². The Hall–Kier alpha value is -2.55. The maximum atomic E-state index is 12.8. The number of fused-ring (bicyclic) bond motifs is 1. The number of halogens is 2. The lowest BCUT2D eigenvalue weighted by atomic mass is 9.85. The summed E-state index contributed by atoms with van der Waals surface area (Å²) in [4.78, 5) is 14.0. The van der Waals surface area contributed by atoms with E-state index in [4.69, 9.17) is 27.9 Å². The van der Waals surface area contributed by atoms with E-state index in [-0.39, 0.29) is 42.7 Å². The summed E-state index contributed by atoms with van der Waals surface area (Å²) in [7, 11) is -6.34. The van der Waals surface area contributed by atoms with Crippen molar-refractivity contribution in [2.75, 3.05) is 39.9 Å². The highest BCUT2D eigenvalue weighted by Crippen LogP contribution is 2.38. The molecule has 1 aliphatic heterocycles. The first-order valence-electron chi connectivity index (χ1n) is 12.6. The van der Waals surface area contributed by atoms with Crippen LogP contribution in [0.1, 0.15) is 33.0 Å². The molecule has 0 radical (unpaired) electrons. The van der Waals surface area contributed by atoms with E-state index in [1.807, 2.05) is 13.1 Å². The molecule has 41 heavy (non-hydrogen) atoms. The summed E-state index contributed by atoms with van der Waals surface area (Å²) in [5, 5.41) is 3.66. The standard InChI is InChI=1S/C27H29Cl2N3O7S2/c1-32-16-23(22-14-19(28)15-25(29)24(22)17-32)18-6-8-20(9-7-18)40(34,35)31-11-13-39-12-10-30-27(33)21-4-2-3-5-26(21)41(36,37)38/h2-9,14-15,23,31H,10-13,16-17H2,1H3,(H,30,33)(H,36,37,38). The number of carbonyl (C=O) groups is 1. The van der Waals surface area contributed by atoms with Gasteiger partial charge in [-0.1, -0.05) is 47.5 Å². The summed E-state index contributed by atoms with van der Waals surface area (Å²) >= 11 is 12.7. The minimum atomic E-state index is -4.55. The summed E-state index contributed by atoms with van der Waals surface area (Å²) < 4.78 is 65.6. The van der Waals surface area contributed by atoms with E-state index < -0.39 is 30.9 Å². The molecule has 14 heteroatoms. The van der Waals surface area contributed by atoms with Gasteiger partial charge in [0.05, 0.1) is 23.7 Å². The van der Waals surface area contributed by atoms with Crippen molar-refractivity contribution in [2.24, 2.45) is 0 Å². The van der Waals surface area contributed by atoms with Crippen molar-refractivity contribution in [2.45, 2.75) is 22.3 Å². The van der Waals surface area contributed by atoms with Crippen LogP contribution in [-0.4, -0.2) is 72.1 Å². The molecule has 220 valence electrons. The molecule has 1 atom stereocenters. The Bertz CT molecular complexity index is 1630. The first-order chi connectivity index (χ1) is 19.4. The molecule has 1 amide bonds. The molecule has 0 fully saturated rings. The number of likely N-dealkylation sites (N-methyl/N-ethyl adjacent to an activating group) is 1. The van der Waals surface area contributed by atoms with Crippen LogP contribution in [0.25, 0.3) is 0 Å². The molecular formula is C27H29Cl2N3O7S2. The highest BCUT2D eigenvalue weighted by Gasteiger charge is 2.27. The Morgan fingerprint density at radius 2 is 1.71 bits per heavy atom. The molecule has 1 aliphatic rings. The van der Waals surface area contributed by atoms with Gasteiger partial charge in [-0.3, -0.25) is 9.35 Å². The topological polar surface area (TPSA) is 142 Å². The van der Waals surface area contributed by atoms with Gasteiger partial charge in [0.1, 0.15) is 4.90 Å². The molecule has 0 spiro atoms. The predicted octanol–water partition coefficient (Wildman–Crippen LogP) is 3.54. The van der Waals surface area contributed by atoms with Crippen LogP contribution in [0, 0.1) is 0 Å². The van der Waals surface area contributed by atoms with E-state index in [0.29, 0.717) is 16.6 Å². The Morgan fingerprint density at radius 3 is 2.41 bits per heavy atom. The Balaban J connectivity index is 1.27. The fourth-order valence-electron chi connectivity index (χ4n) is 4.65. The summed E-state index contributed by atoms with van der Waals surface area (Å²) in [6.07, 6.45) is 0. The fourth-order valence-corrected chi connectivity index (χ4v) is 6.93. The van der Waals surface area contributed by atoms with Crippen LogP contribution in [0.15, 0.2) is 70.5 Å². The average Bonchev–Trinajstić information content (AvgIpc) is 2.92. The molecule has 0 aromatic heterocycles. The normalized spacial score (nSPS) is 15.9. The van der Waals surface area contributed by atoms with E-state index in [9.17, 15) is 26.2 Å². The number of carbonyl (C=O) groups excluding carboxylic acids is 1. The van der Waals surface area contributed by atoms with Gasteiger partial charge in [0.25, 0.3) is 16.0 Å². The zero-order valence-electron chi connectivity index (χ0n) is 22.0. The van der Waals surface area contributed by atoms with Gasteiger partial charge in [0.2, 0.25) is 10.0 Å². The SMILES string of the molecule is CN1Cc2c(Cl)cc(Cl)cc2C(c2ccc(S(=O)(=O)NCCOCCNC(=O)c3ccccc3S(=O)(=O)O)cc2)C1. The van der Waals surface area contributed by atoms with Crippen LogP contribution in [0.5, 0.6) is 0 Å². The van der Waals surface area contributed by atoms with Gasteiger partial charge in [0.15, 0.2) is 0 Å². The van der Waals surface area contributed by atoms with Crippen LogP contribution in [-0.2, 0) is 31.4 Å². The van der Waals surface area contributed by atoms with Crippen molar-refractivity contribution in [3.05, 3.63) is 93.0 Å². The van der Waals surface area contributed by atoms with Gasteiger partial charge in [0, 0.05) is 42.1 Å². The van der Waals surface area contributed by atoms with Crippen molar-refractivity contribution in [3.63, 3.8) is 0 Å². The lowest BCUT2D eigenvalue weighted by Gasteiger charge is -2.33. The summed E-state index contributed by atoms with van der Waals surface area (Å²) in [5.74, 6) is -0.708. The molecule has 3 aromatic rings. The van der Waals surface area contributed by atoms with Crippen molar-refractivity contribution in [1.29, 1.82) is 0 Å². The van der Waals surface area contributed by atoms with Gasteiger partial charge in [-0.25, -0.2) is 13.1 Å². The zero-order valence-corrected chi connectivity index (χ0v) is 25.2. The predicted molar refractivity (Wildman–Crippen MR) is 156 cm³/mol. The fraction of sp³-hybridized carbons (Fsp3) is 0.296. The molecule has 3 N–H and O–H groups in total. The number of hydrogen-bond donors (Lipinski definition) is 3. The second-order valence-corrected chi connectivity index (χ2v) is 13.5. The van der Waals surface area contributed by atoms with Gasteiger partial charge < -0.3 is 15.0 Å². The largest absolute Gasteiger partial charge is 0.378 e. The smallest absolute Gasteiger partial charge is 0.295 e. The maximum absolute atomic E-state index is 12.8. The van der Waals surface area contributed by atoms with Crippen molar-refractivity contribution in [3.8, 4) is 0 Å². The molecule has 0 saturated carbocycles. The van der Waals surface area contributed by atoms with E-state index in [1.165, 1.54) is 18.2 Å². The summed E-state index contributed by atoms with van der Waals surface area (Å²) in [5.41, 5.74) is 2.79. The van der Waals surface area contributed by atoms with Crippen LogP contribution < -0.4 is 10.0 Å². The third kappa shape index (κ3) is 7.85. The van der Waals surface area contributed by atoms with Crippen LogP contribution in [0.4, 0.5) is 0 Å². The first kappa shape index (κ1) is 31.4. The third-order valence-corrected chi connectivity index (χ3v) is 9.51. The first-order valence-corrected chi connectivity index (χ1v) is 16.2. The highest BCUT2D eigenvalue weighted by molar-refractivity contribution is 7.89. The lowest BCUT2D eigenvalue weighted by Crippen LogP contribution is -2.31. The molecular weight excluding hydrogens is 613 g/mol. The molecule has 3 aromatic carbocycles. The van der Waals surface area contributed by atoms with Crippen LogP contribution in [0.3, 0.4) is 0 Å². The quantitative estimate of drug-likeness (QED) is 0.213. The number of benzene rings is 3. The summed E-state index contributed by atoms with van der Waals surface area (Å²) in [6.45, 7) is 1.58. The highest BCUT2D eigenvalue weighted by atomic mass is 35.5. The number of sulfonamides is 1.